The van der Waals surface area contributed by atoms with E-state index in [-0.39, 0.29) is 101 Å². The summed E-state index contributed by atoms with van der Waals surface area (Å²) in [5.41, 5.74) is 8.48. The number of aliphatic hydroxyl groups excluding tert-OH is 4. The second-order valence-electron chi connectivity index (χ2n) is 25.2. The molecule has 6 aromatic rings. The molecular formula is C73H76O12. The molecule has 12 heteroatoms. The van der Waals surface area contributed by atoms with E-state index in [0.717, 1.165) is 36.0 Å². The number of carbonyl (C=O) groups is 2. The predicted octanol–water partition coefficient (Wildman–Crippen LogP) is 12.5. The van der Waals surface area contributed by atoms with E-state index in [1.54, 1.807) is 19.1 Å². The van der Waals surface area contributed by atoms with Gasteiger partial charge in [0.25, 0.3) is 0 Å². The van der Waals surface area contributed by atoms with E-state index < -0.39 is 61.3 Å². The van der Waals surface area contributed by atoms with E-state index in [9.17, 15) is 25.2 Å². The molecule has 12 nitrogen and oxygen atoms in total. The van der Waals surface area contributed by atoms with E-state index in [0.29, 0.717) is 48.1 Å². The first-order valence-electron chi connectivity index (χ1n) is 30.8. The van der Waals surface area contributed by atoms with Crippen LogP contribution in [0.5, 0.6) is 5.75 Å². The zero-order chi connectivity index (χ0) is 58.6. The molecule has 0 saturated heterocycles. The van der Waals surface area contributed by atoms with E-state index in [1.807, 2.05) is 13.0 Å². The molecule has 14 rings (SSSR count). The molecule has 3 aliphatic heterocycles. The molecule has 4 N–H and O–H groups in total. The molecule has 2 bridgehead atoms. The van der Waals surface area contributed by atoms with Crippen LogP contribution in [0.1, 0.15) is 169 Å². The fraction of sp³-hybridized carbons (Fsp3) is 0.411. The molecule has 8 aliphatic rings. The molecule has 85 heavy (non-hydrogen) atoms. The smallest absolute Gasteiger partial charge is 0.340 e. The van der Waals surface area contributed by atoms with Crippen LogP contribution in [0.3, 0.4) is 0 Å². The SMILES string of the molecule is CC(CO)=C1CCc2ccc(cc2)C2C=CC(c3cccc(C45CCCCC4C=Cc4ccccc45)c3)CC2CC(=O)OC2c3c(ccc4c(CO)c(C(CCO)COCO)c(=O)oc34)OC(C)(C3CC4C=Cc5ccccc5C4C3)C2OC1=O. The number of allylic oxidation sites excluding steroid dienone is 4. The number of benzene rings is 5. The van der Waals surface area contributed by atoms with Crippen molar-refractivity contribution in [3.8, 4) is 5.75 Å². The molecule has 5 aliphatic carbocycles. The Labute approximate surface area is 496 Å². The Bertz CT molecular complexity index is 3720. The molecule has 5 aromatic carbocycles. The Morgan fingerprint density at radius 2 is 1.60 bits per heavy atom. The summed E-state index contributed by atoms with van der Waals surface area (Å²) in [5.74, 6) is -1.80. The van der Waals surface area contributed by atoms with Crippen LogP contribution in [-0.2, 0) is 42.2 Å². The van der Waals surface area contributed by atoms with Crippen molar-refractivity contribution in [1.82, 2.24) is 0 Å². The van der Waals surface area contributed by atoms with Gasteiger partial charge < -0.3 is 43.8 Å². The minimum Gasteiger partial charge on any atom is -0.483 e. The molecule has 1 aromatic heterocycles. The number of fused-ring (bicyclic) bond motifs is 17. The second-order valence-corrected chi connectivity index (χ2v) is 25.2. The Kier molecular flexibility index (Phi) is 15.8. The fourth-order valence-corrected chi connectivity index (χ4v) is 16.4. The highest BCUT2D eigenvalue weighted by Crippen LogP contribution is 2.58. The maximum atomic E-state index is 15.8. The van der Waals surface area contributed by atoms with Gasteiger partial charge in [0, 0.05) is 58.6 Å². The predicted molar refractivity (Wildman–Crippen MR) is 325 cm³/mol. The van der Waals surface area contributed by atoms with E-state index >= 15 is 9.59 Å². The summed E-state index contributed by atoms with van der Waals surface area (Å²) in [6.45, 7) is 1.57. The summed E-state index contributed by atoms with van der Waals surface area (Å²) in [7, 11) is 0. The standard InChI is InChI=1S/C73H76O12/c1-43(39-75)56-27-19-44-17-20-46(21-18-44)57-28-25-49(48-12-9-14-54(35-48)73-32-8-7-13-53(73)26-24-47-11-4-6-16-62(47)73)34-52(57)37-64(78)82-68-66-63(30-29-59-61(40-76)65(71(80)83-67(59)66)51(31-33-74)41-81-42-77)85-72(2,69(68)84-70(56)79)55-36-50-23-22-45-10-3-5-15-58(45)60(50)38-55/h3-6,9-12,14-18,20-26,28-30,35,49-53,55,57,60,68-69,74-77H,7-8,13,19,27,31-34,36-42H2,1-2H3. The molecule has 440 valence electrons. The van der Waals surface area contributed by atoms with Gasteiger partial charge in [-0.3, -0.25) is 4.79 Å². The fourth-order valence-electron chi connectivity index (χ4n) is 16.4. The Morgan fingerprint density at radius 1 is 0.788 bits per heavy atom. The van der Waals surface area contributed by atoms with Crippen LogP contribution in [0.4, 0.5) is 0 Å². The number of aryl methyl sites for hydroxylation is 1. The van der Waals surface area contributed by atoms with Crippen molar-refractivity contribution >= 4 is 35.1 Å². The average Bonchev–Trinajstić information content (AvgIpc) is 2.29. The Morgan fingerprint density at radius 3 is 2.41 bits per heavy atom. The van der Waals surface area contributed by atoms with Crippen molar-refractivity contribution in [3.05, 3.63) is 216 Å². The number of aliphatic hydroxyl groups is 4. The van der Waals surface area contributed by atoms with Crippen molar-refractivity contribution in [2.45, 2.75) is 138 Å². The third kappa shape index (κ3) is 10.1. The second kappa shape index (κ2) is 23.6. The highest BCUT2D eigenvalue weighted by Gasteiger charge is 2.59. The van der Waals surface area contributed by atoms with Crippen LogP contribution in [0, 0.1) is 23.7 Å². The summed E-state index contributed by atoms with van der Waals surface area (Å²) in [6, 6.07) is 38.3. The minimum absolute atomic E-state index is 0.00982. The third-order valence-corrected chi connectivity index (χ3v) is 20.8. The number of esters is 2. The van der Waals surface area contributed by atoms with E-state index in [1.165, 1.54) is 34.2 Å². The van der Waals surface area contributed by atoms with Gasteiger partial charge in [-0.05, 0) is 157 Å². The number of hydrogen-bond donors (Lipinski definition) is 4. The molecule has 4 heterocycles. The Hall–Kier alpha value is -7.19. The topological polar surface area (TPSA) is 182 Å². The lowest BCUT2D eigenvalue weighted by molar-refractivity contribution is -0.199. The number of rotatable bonds is 11. The average molecular weight is 1150 g/mol. The van der Waals surface area contributed by atoms with Gasteiger partial charge in [0.2, 0.25) is 0 Å². The van der Waals surface area contributed by atoms with Crippen molar-refractivity contribution in [1.29, 1.82) is 0 Å². The van der Waals surface area contributed by atoms with Crippen LogP contribution >= 0.6 is 0 Å². The monoisotopic (exact) mass is 1140 g/mol. The van der Waals surface area contributed by atoms with Crippen LogP contribution in [-0.4, -0.2) is 70.7 Å². The molecule has 0 amide bonds. The van der Waals surface area contributed by atoms with Gasteiger partial charge >= 0.3 is 17.6 Å². The van der Waals surface area contributed by atoms with Gasteiger partial charge in [0.1, 0.15) is 23.7 Å². The molecule has 2 fully saturated rings. The lowest BCUT2D eigenvalue weighted by Gasteiger charge is -2.48. The molecule has 0 radical (unpaired) electrons. The van der Waals surface area contributed by atoms with Crippen molar-refractivity contribution in [2.75, 3.05) is 26.6 Å². The summed E-state index contributed by atoms with van der Waals surface area (Å²) < 4.78 is 33.2. The first-order valence-corrected chi connectivity index (χ1v) is 30.8. The normalized spacial score (nSPS) is 29.5. The van der Waals surface area contributed by atoms with Crippen LogP contribution < -0.4 is 10.4 Å². The molecule has 12 atom stereocenters. The molecule has 0 spiro atoms. The van der Waals surface area contributed by atoms with Gasteiger partial charge in [-0.25, -0.2) is 9.59 Å². The van der Waals surface area contributed by atoms with Gasteiger partial charge in [-0.2, -0.15) is 0 Å². The summed E-state index contributed by atoms with van der Waals surface area (Å²) in [5, 5.41) is 42.1. The lowest BCUT2D eigenvalue weighted by atomic mass is 9.56. The van der Waals surface area contributed by atoms with E-state index in [4.69, 9.17) is 23.4 Å². The maximum Gasteiger partial charge on any atom is 0.340 e. The highest BCUT2D eigenvalue weighted by molar-refractivity contribution is 5.90. The Balaban J connectivity index is 0.944. The third-order valence-electron chi connectivity index (χ3n) is 20.8. The molecular weight excluding hydrogens is 1070 g/mol. The van der Waals surface area contributed by atoms with Gasteiger partial charge in [0.05, 0.1) is 25.4 Å². The molecule has 12 unspecified atom stereocenters. The first-order chi connectivity index (χ1) is 41.4. The highest BCUT2D eigenvalue weighted by atomic mass is 16.6. The van der Waals surface area contributed by atoms with Crippen LogP contribution in [0.2, 0.25) is 0 Å². The van der Waals surface area contributed by atoms with Crippen molar-refractivity contribution < 1.29 is 53.4 Å². The maximum absolute atomic E-state index is 15.8. The van der Waals surface area contributed by atoms with Crippen molar-refractivity contribution in [3.63, 3.8) is 0 Å². The van der Waals surface area contributed by atoms with Crippen LogP contribution in [0.25, 0.3) is 23.1 Å². The summed E-state index contributed by atoms with van der Waals surface area (Å²) in [4.78, 5) is 45.8. The van der Waals surface area contributed by atoms with Crippen molar-refractivity contribution in [2.24, 2.45) is 23.7 Å². The van der Waals surface area contributed by atoms with Crippen LogP contribution in [0.15, 0.2) is 154 Å². The lowest BCUT2D eigenvalue weighted by Crippen LogP contribution is -2.58. The zero-order valence-electron chi connectivity index (χ0n) is 48.5. The van der Waals surface area contributed by atoms with Gasteiger partial charge in [-0.1, -0.05) is 146 Å². The summed E-state index contributed by atoms with van der Waals surface area (Å²) in [6.07, 6.45) is 18.3. The van der Waals surface area contributed by atoms with E-state index in [2.05, 4.69) is 127 Å². The number of hydrogen-bond acceptors (Lipinski definition) is 12. The number of ether oxygens (including phenoxy) is 4. The summed E-state index contributed by atoms with van der Waals surface area (Å²) >= 11 is 0. The van der Waals surface area contributed by atoms with Gasteiger partial charge in [0.15, 0.2) is 12.2 Å². The largest absolute Gasteiger partial charge is 0.483 e. The first kappa shape index (κ1) is 56.9. The zero-order valence-corrected chi connectivity index (χ0v) is 48.5. The quantitative estimate of drug-likeness (QED) is 0.0317. The molecule has 2 saturated carbocycles. The number of carbonyl (C=O) groups excluding carboxylic acids is 2. The minimum atomic E-state index is -1.41. The van der Waals surface area contributed by atoms with Gasteiger partial charge in [-0.15, -0.1) is 0 Å².